The van der Waals surface area contributed by atoms with Gasteiger partial charge in [-0.25, -0.2) is 0 Å². The number of aliphatic hydroxyl groups is 1. The lowest BCUT2D eigenvalue weighted by Crippen LogP contribution is -2.30. The van der Waals surface area contributed by atoms with Gasteiger partial charge in [0.15, 0.2) is 0 Å². The van der Waals surface area contributed by atoms with Crippen LogP contribution in [0.2, 0.25) is 0 Å². The molecule has 0 saturated carbocycles. The van der Waals surface area contributed by atoms with Crippen molar-refractivity contribution in [3.63, 3.8) is 0 Å². The zero-order valence-electron chi connectivity index (χ0n) is 13.6. The number of rotatable bonds is 8. The first-order chi connectivity index (χ1) is 11.0. The van der Waals surface area contributed by atoms with E-state index in [1.807, 2.05) is 18.2 Å². The smallest absolute Gasteiger partial charge is 0.241 e. The van der Waals surface area contributed by atoms with E-state index in [0.29, 0.717) is 0 Å². The summed E-state index contributed by atoms with van der Waals surface area (Å²) in [5.41, 5.74) is 2.13. The minimum Gasteiger partial charge on any atom is -0.395 e. The molecule has 6 nitrogen and oxygen atoms in total. The maximum Gasteiger partial charge on any atom is 0.241 e. The summed E-state index contributed by atoms with van der Waals surface area (Å²) < 4.78 is 1.57. The Balaban J connectivity index is 1.88. The van der Waals surface area contributed by atoms with E-state index in [-0.39, 0.29) is 31.0 Å². The zero-order valence-corrected chi connectivity index (χ0v) is 13.6. The van der Waals surface area contributed by atoms with Gasteiger partial charge < -0.3 is 15.7 Å². The third-order valence-corrected chi connectivity index (χ3v) is 3.66. The van der Waals surface area contributed by atoms with Gasteiger partial charge in [-0.3, -0.25) is 9.48 Å². The summed E-state index contributed by atoms with van der Waals surface area (Å²) in [5.74, 6) is -0.168. The fraction of sp³-hybridized carbons (Fsp3) is 0.412. The number of nitrogens with zero attached hydrogens (tertiary/aromatic N) is 2. The van der Waals surface area contributed by atoms with Crippen molar-refractivity contribution in [3.8, 4) is 0 Å². The van der Waals surface area contributed by atoms with Crippen molar-refractivity contribution in [1.29, 1.82) is 0 Å². The second kappa shape index (κ2) is 7.78. The van der Waals surface area contributed by atoms with Crippen LogP contribution >= 0.6 is 0 Å². The summed E-state index contributed by atoms with van der Waals surface area (Å²) in [4.78, 5) is 11.6. The van der Waals surface area contributed by atoms with E-state index >= 15 is 0 Å². The van der Waals surface area contributed by atoms with Gasteiger partial charge in [0.25, 0.3) is 0 Å². The number of carbonyl (C=O) groups excluding carboxylic acids is 1. The lowest BCUT2D eigenvalue weighted by molar-refractivity contribution is -0.122. The number of anilines is 1. The maximum absolute atomic E-state index is 11.6. The van der Waals surface area contributed by atoms with Gasteiger partial charge in [0, 0.05) is 24.7 Å². The molecule has 0 fully saturated rings. The number of hydrogen-bond acceptors (Lipinski definition) is 4. The van der Waals surface area contributed by atoms with E-state index in [1.165, 1.54) is 5.56 Å². The summed E-state index contributed by atoms with van der Waals surface area (Å²) in [5, 5.41) is 18.8. The summed E-state index contributed by atoms with van der Waals surface area (Å²) in [7, 11) is 0. The lowest BCUT2D eigenvalue weighted by atomic mass is 9.84. The first kappa shape index (κ1) is 17.0. The molecule has 0 aliphatic rings. The topological polar surface area (TPSA) is 79.2 Å². The largest absolute Gasteiger partial charge is 0.395 e. The van der Waals surface area contributed by atoms with E-state index in [1.54, 1.807) is 17.1 Å². The van der Waals surface area contributed by atoms with E-state index in [2.05, 4.69) is 41.7 Å². The van der Waals surface area contributed by atoms with Gasteiger partial charge in [-0.1, -0.05) is 44.2 Å². The monoisotopic (exact) mass is 316 g/mol. The number of carbonyl (C=O) groups is 1. The predicted molar refractivity (Wildman–Crippen MR) is 90.3 cm³/mol. The Bertz CT molecular complexity index is 623. The molecule has 2 rings (SSSR count). The van der Waals surface area contributed by atoms with E-state index in [4.69, 9.17) is 5.11 Å². The Labute approximate surface area is 136 Å². The number of aliphatic hydroxyl groups excluding tert-OH is 1. The molecule has 0 radical (unpaired) electrons. The van der Waals surface area contributed by atoms with Crippen LogP contribution in [0.25, 0.3) is 0 Å². The minimum atomic E-state index is -0.168. The van der Waals surface area contributed by atoms with Crippen LogP contribution in [0.3, 0.4) is 0 Å². The van der Waals surface area contributed by atoms with E-state index < -0.39 is 0 Å². The Morgan fingerprint density at radius 3 is 2.74 bits per heavy atom. The second-order valence-corrected chi connectivity index (χ2v) is 6.10. The van der Waals surface area contributed by atoms with Gasteiger partial charge in [-0.2, -0.15) is 5.10 Å². The average molecular weight is 316 g/mol. The zero-order chi connectivity index (χ0) is 16.7. The van der Waals surface area contributed by atoms with Crippen LogP contribution in [0.1, 0.15) is 19.4 Å². The fourth-order valence-electron chi connectivity index (χ4n) is 2.25. The Hall–Kier alpha value is -2.34. The van der Waals surface area contributed by atoms with Crippen LogP contribution in [-0.2, 0) is 16.8 Å². The van der Waals surface area contributed by atoms with Crippen molar-refractivity contribution < 1.29 is 9.90 Å². The molecule has 3 N–H and O–H groups in total. The molecular weight excluding hydrogens is 292 g/mol. The highest BCUT2D eigenvalue weighted by Crippen LogP contribution is 2.23. The first-order valence-corrected chi connectivity index (χ1v) is 7.71. The molecule has 1 aromatic carbocycles. The SMILES string of the molecule is CC(C)(CNc1cnn(CC(=O)NCCO)c1)c1ccccc1. The van der Waals surface area contributed by atoms with E-state index in [0.717, 1.165) is 12.2 Å². The Morgan fingerprint density at radius 2 is 2.04 bits per heavy atom. The molecule has 0 unspecified atom stereocenters. The number of hydrogen-bond donors (Lipinski definition) is 3. The fourth-order valence-corrected chi connectivity index (χ4v) is 2.25. The van der Waals surface area contributed by atoms with Crippen molar-refractivity contribution in [3.05, 3.63) is 48.3 Å². The van der Waals surface area contributed by atoms with Gasteiger partial charge in [0.1, 0.15) is 6.54 Å². The number of amides is 1. The summed E-state index contributed by atoms with van der Waals surface area (Å²) in [6, 6.07) is 10.3. The maximum atomic E-state index is 11.6. The van der Waals surface area contributed by atoms with Gasteiger partial charge in [0.2, 0.25) is 5.91 Å². The average Bonchev–Trinajstić information content (AvgIpc) is 2.99. The number of nitrogens with one attached hydrogen (secondary N) is 2. The van der Waals surface area contributed by atoms with Crippen LogP contribution in [0.4, 0.5) is 5.69 Å². The highest BCUT2D eigenvalue weighted by atomic mass is 16.3. The second-order valence-electron chi connectivity index (χ2n) is 6.10. The van der Waals surface area contributed by atoms with E-state index in [9.17, 15) is 4.79 Å². The van der Waals surface area contributed by atoms with Crippen molar-refractivity contribution in [2.75, 3.05) is 25.0 Å². The molecule has 1 aromatic heterocycles. The first-order valence-electron chi connectivity index (χ1n) is 7.71. The third-order valence-electron chi connectivity index (χ3n) is 3.66. The minimum absolute atomic E-state index is 0.0120. The molecule has 0 saturated heterocycles. The predicted octanol–water partition coefficient (Wildman–Crippen LogP) is 1.38. The standard InChI is InChI=1S/C17H24N4O2/c1-17(2,14-6-4-3-5-7-14)13-19-15-10-20-21(11-15)12-16(23)18-8-9-22/h3-7,10-11,19,22H,8-9,12-13H2,1-2H3,(H,18,23). The van der Waals surface area contributed by atoms with Crippen LogP contribution in [-0.4, -0.2) is 40.5 Å². The van der Waals surface area contributed by atoms with Gasteiger partial charge in [-0.05, 0) is 5.56 Å². The molecular formula is C17H24N4O2. The number of aromatic nitrogens is 2. The Kier molecular flexibility index (Phi) is 5.76. The molecule has 0 aliphatic heterocycles. The summed E-state index contributed by atoms with van der Waals surface area (Å²) in [6.45, 7) is 5.47. The lowest BCUT2D eigenvalue weighted by Gasteiger charge is -2.25. The molecule has 0 spiro atoms. The molecule has 2 aromatic rings. The molecule has 0 aliphatic carbocycles. The highest BCUT2D eigenvalue weighted by Gasteiger charge is 2.20. The molecule has 124 valence electrons. The number of benzene rings is 1. The van der Waals surface area contributed by atoms with Crippen LogP contribution in [0, 0.1) is 0 Å². The van der Waals surface area contributed by atoms with Crippen LogP contribution in [0.15, 0.2) is 42.7 Å². The molecule has 6 heteroatoms. The van der Waals surface area contributed by atoms with Gasteiger partial charge in [0.05, 0.1) is 18.5 Å². The van der Waals surface area contributed by atoms with Crippen molar-refractivity contribution >= 4 is 11.6 Å². The summed E-state index contributed by atoms with van der Waals surface area (Å²) in [6.07, 6.45) is 3.51. The molecule has 0 bridgehead atoms. The molecule has 1 amide bonds. The van der Waals surface area contributed by atoms with Crippen LogP contribution in [0.5, 0.6) is 0 Å². The van der Waals surface area contributed by atoms with Crippen molar-refractivity contribution in [2.45, 2.75) is 25.8 Å². The Morgan fingerprint density at radius 1 is 1.30 bits per heavy atom. The van der Waals surface area contributed by atoms with Gasteiger partial charge >= 0.3 is 0 Å². The molecule has 1 heterocycles. The van der Waals surface area contributed by atoms with Crippen LogP contribution < -0.4 is 10.6 Å². The van der Waals surface area contributed by atoms with Crippen molar-refractivity contribution in [1.82, 2.24) is 15.1 Å². The normalized spacial score (nSPS) is 11.3. The molecule has 23 heavy (non-hydrogen) atoms. The summed E-state index contributed by atoms with van der Waals surface area (Å²) >= 11 is 0. The highest BCUT2D eigenvalue weighted by molar-refractivity contribution is 5.75. The quantitative estimate of drug-likeness (QED) is 0.687. The molecule has 0 atom stereocenters. The third kappa shape index (κ3) is 5.10. The van der Waals surface area contributed by atoms with Crippen molar-refractivity contribution in [2.24, 2.45) is 0 Å². The van der Waals surface area contributed by atoms with Gasteiger partial charge in [-0.15, -0.1) is 0 Å².